The minimum absolute atomic E-state index is 0.0414. The van der Waals surface area contributed by atoms with Crippen LogP contribution in [0.1, 0.15) is 24.8 Å². The monoisotopic (exact) mass is 310 g/mol. The first-order valence-electron chi connectivity index (χ1n) is 7.54. The standard InChI is InChI=1S/C18H18N2O3/c1-12(13-6-3-2-4-7-13)10-16(21)19-14-8-5-9-15-18(14)23-11-17(22)20-15/h2-9,12H,10-11H2,1H3,(H,19,21)(H,20,22). The number of hydrogen-bond acceptors (Lipinski definition) is 3. The van der Waals surface area contributed by atoms with E-state index in [-0.39, 0.29) is 24.3 Å². The Bertz CT molecular complexity index is 728. The van der Waals surface area contributed by atoms with E-state index in [1.165, 1.54) is 0 Å². The molecular formula is C18H18N2O3. The Labute approximate surface area is 134 Å². The fraction of sp³-hybridized carbons (Fsp3) is 0.222. The van der Waals surface area contributed by atoms with Gasteiger partial charge in [-0.2, -0.15) is 0 Å². The Hall–Kier alpha value is -2.82. The van der Waals surface area contributed by atoms with Crippen LogP contribution in [0.3, 0.4) is 0 Å². The van der Waals surface area contributed by atoms with Crippen LogP contribution < -0.4 is 15.4 Å². The lowest BCUT2D eigenvalue weighted by Crippen LogP contribution is -2.26. The predicted molar refractivity (Wildman–Crippen MR) is 88.7 cm³/mol. The van der Waals surface area contributed by atoms with E-state index in [1.54, 1.807) is 18.2 Å². The van der Waals surface area contributed by atoms with Gasteiger partial charge in [-0.05, 0) is 23.6 Å². The highest BCUT2D eigenvalue weighted by Gasteiger charge is 2.20. The SMILES string of the molecule is CC(CC(=O)Nc1cccc2c1OCC(=O)N2)c1ccccc1. The number of rotatable bonds is 4. The van der Waals surface area contributed by atoms with Gasteiger partial charge in [0.05, 0.1) is 11.4 Å². The van der Waals surface area contributed by atoms with E-state index >= 15 is 0 Å². The van der Waals surface area contributed by atoms with Gasteiger partial charge in [-0.1, -0.05) is 43.3 Å². The molecule has 5 nitrogen and oxygen atoms in total. The first kappa shape index (κ1) is 15.1. The predicted octanol–water partition coefficient (Wildman–Crippen LogP) is 3.15. The Morgan fingerprint density at radius 2 is 2.00 bits per heavy atom. The van der Waals surface area contributed by atoms with Crippen molar-refractivity contribution < 1.29 is 14.3 Å². The summed E-state index contributed by atoms with van der Waals surface area (Å²) in [5.74, 6) is 0.345. The minimum atomic E-state index is -0.196. The van der Waals surface area contributed by atoms with Crippen LogP contribution in [-0.4, -0.2) is 18.4 Å². The van der Waals surface area contributed by atoms with Gasteiger partial charge in [-0.3, -0.25) is 9.59 Å². The molecule has 0 aromatic heterocycles. The first-order valence-corrected chi connectivity index (χ1v) is 7.54. The number of nitrogens with one attached hydrogen (secondary N) is 2. The van der Waals surface area contributed by atoms with E-state index in [0.717, 1.165) is 5.56 Å². The summed E-state index contributed by atoms with van der Waals surface area (Å²) in [6.45, 7) is 1.98. The number of anilines is 2. The van der Waals surface area contributed by atoms with E-state index < -0.39 is 0 Å². The van der Waals surface area contributed by atoms with Crippen LogP contribution >= 0.6 is 0 Å². The molecule has 23 heavy (non-hydrogen) atoms. The number of amides is 2. The smallest absolute Gasteiger partial charge is 0.262 e. The zero-order chi connectivity index (χ0) is 16.2. The number of ether oxygens (including phenoxy) is 1. The van der Waals surface area contributed by atoms with Crippen LogP contribution in [0, 0.1) is 0 Å². The van der Waals surface area contributed by atoms with Crippen molar-refractivity contribution in [2.45, 2.75) is 19.3 Å². The number of benzene rings is 2. The lowest BCUT2D eigenvalue weighted by atomic mass is 9.97. The summed E-state index contributed by atoms with van der Waals surface area (Å²) in [7, 11) is 0. The molecule has 2 aromatic carbocycles. The van der Waals surface area contributed by atoms with Crippen molar-refractivity contribution in [3.05, 3.63) is 54.1 Å². The molecule has 1 aliphatic heterocycles. The molecule has 118 valence electrons. The maximum atomic E-state index is 12.3. The number of carbonyl (C=O) groups is 2. The zero-order valence-electron chi connectivity index (χ0n) is 12.8. The van der Waals surface area contributed by atoms with Gasteiger partial charge >= 0.3 is 0 Å². The highest BCUT2D eigenvalue weighted by atomic mass is 16.5. The van der Waals surface area contributed by atoms with Gasteiger partial charge in [0, 0.05) is 6.42 Å². The van der Waals surface area contributed by atoms with Gasteiger partial charge in [0.2, 0.25) is 5.91 Å². The molecular weight excluding hydrogens is 292 g/mol. The molecule has 2 aromatic rings. The topological polar surface area (TPSA) is 67.4 Å². The van der Waals surface area contributed by atoms with Crippen LogP contribution in [0.2, 0.25) is 0 Å². The summed E-state index contributed by atoms with van der Waals surface area (Å²) in [5.41, 5.74) is 2.28. The molecule has 0 spiro atoms. The van der Waals surface area contributed by atoms with Crippen molar-refractivity contribution in [2.24, 2.45) is 0 Å². The molecule has 1 unspecified atom stereocenters. The Morgan fingerprint density at radius 1 is 1.22 bits per heavy atom. The summed E-state index contributed by atoms with van der Waals surface area (Å²) in [6, 6.07) is 15.2. The van der Waals surface area contributed by atoms with Crippen molar-refractivity contribution in [1.82, 2.24) is 0 Å². The highest BCUT2D eigenvalue weighted by molar-refractivity contribution is 6.00. The van der Waals surface area contributed by atoms with E-state index in [4.69, 9.17) is 4.74 Å². The van der Waals surface area contributed by atoms with Gasteiger partial charge in [-0.15, -0.1) is 0 Å². The fourth-order valence-corrected chi connectivity index (χ4v) is 2.59. The Balaban J connectivity index is 1.69. The summed E-state index contributed by atoms with van der Waals surface area (Å²) in [4.78, 5) is 23.6. The molecule has 0 saturated carbocycles. The van der Waals surface area contributed by atoms with Gasteiger partial charge < -0.3 is 15.4 Å². The number of para-hydroxylation sites is 1. The second-order valence-corrected chi connectivity index (χ2v) is 5.58. The van der Waals surface area contributed by atoms with Crippen LogP contribution in [-0.2, 0) is 9.59 Å². The quantitative estimate of drug-likeness (QED) is 0.911. The zero-order valence-corrected chi connectivity index (χ0v) is 12.8. The normalized spacial score (nSPS) is 14.2. The largest absolute Gasteiger partial charge is 0.479 e. The second-order valence-electron chi connectivity index (χ2n) is 5.58. The molecule has 0 bridgehead atoms. The molecule has 1 atom stereocenters. The van der Waals surface area contributed by atoms with Crippen LogP contribution in [0.5, 0.6) is 5.75 Å². The van der Waals surface area contributed by atoms with Gasteiger partial charge in [0.1, 0.15) is 0 Å². The van der Waals surface area contributed by atoms with Crippen molar-refractivity contribution >= 4 is 23.2 Å². The summed E-state index contributed by atoms with van der Waals surface area (Å²) >= 11 is 0. The van der Waals surface area contributed by atoms with Crippen molar-refractivity contribution in [2.75, 3.05) is 17.2 Å². The van der Waals surface area contributed by atoms with Crippen molar-refractivity contribution in [3.8, 4) is 5.75 Å². The third-order valence-electron chi connectivity index (χ3n) is 3.77. The lowest BCUT2D eigenvalue weighted by Gasteiger charge is -2.21. The Morgan fingerprint density at radius 3 is 2.78 bits per heavy atom. The summed E-state index contributed by atoms with van der Waals surface area (Å²) in [5, 5.41) is 5.60. The average molecular weight is 310 g/mol. The van der Waals surface area contributed by atoms with Gasteiger partial charge in [0.15, 0.2) is 12.4 Å². The summed E-state index contributed by atoms with van der Waals surface area (Å²) < 4.78 is 5.43. The van der Waals surface area contributed by atoms with Crippen LogP contribution in [0.4, 0.5) is 11.4 Å². The Kier molecular flexibility index (Phi) is 4.28. The average Bonchev–Trinajstić information content (AvgIpc) is 2.55. The molecule has 0 saturated heterocycles. The number of hydrogen-bond donors (Lipinski definition) is 2. The first-order chi connectivity index (χ1) is 11.1. The van der Waals surface area contributed by atoms with Gasteiger partial charge in [-0.25, -0.2) is 0 Å². The second kappa shape index (κ2) is 6.52. The maximum Gasteiger partial charge on any atom is 0.262 e. The molecule has 1 aliphatic rings. The van der Waals surface area contributed by atoms with E-state index in [0.29, 0.717) is 23.5 Å². The third kappa shape index (κ3) is 3.51. The number of fused-ring (bicyclic) bond motifs is 1. The van der Waals surface area contributed by atoms with E-state index in [2.05, 4.69) is 10.6 Å². The molecule has 0 fully saturated rings. The molecule has 2 amide bonds. The molecule has 0 aliphatic carbocycles. The third-order valence-corrected chi connectivity index (χ3v) is 3.77. The molecule has 3 rings (SSSR count). The fourth-order valence-electron chi connectivity index (χ4n) is 2.59. The van der Waals surface area contributed by atoms with E-state index in [1.807, 2.05) is 37.3 Å². The van der Waals surface area contributed by atoms with Crippen LogP contribution in [0.15, 0.2) is 48.5 Å². The van der Waals surface area contributed by atoms with Crippen molar-refractivity contribution in [1.29, 1.82) is 0 Å². The molecule has 1 heterocycles. The molecule has 0 radical (unpaired) electrons. The molecule has 2 N–H and O–H groups in total. The lowest BCUT2D eigenvalue weighted by molar-refractivity contribution is -0.118. The maximum absolute atomic E-state index is 12.3. The van der Waals surface area contributed by atoms with Crippen LogP contribution in [0.25, 0.3) is 0 Å². The minimum Gasteiger partial charge on any atom is -0.479 e. The van der Waals surface area contributed by atoms with Gasteiger partial charge in [0.25, 0.3) is 5.91 Å². The molecule has 5 heteroatoms. The summed E-state index contributed by atoms with van der Waals surface area (Å²) in [6.07, 6.45) is 0.375. The number of carbonyl (C=O) groups excluding carboxylic acids is 2. The highest BCUT2D eigenvalue weighted by Crippen LogP contribution is 2.35. The van der Waals surface area contributed by atoms with E-state index in [9.17, 15) is 9.59 Å². The van der Waals surface area contributed by atoms with Crippen molar-refractivity contribution in [3.63, 3.8) is 0 Å².